The molecule has 106 valence electrons. The Hall–Kier alpha value is -1.91. The molecule has 0 radical (unpaired) electrons. The fourth-order valence-electron chi connectivity index (χ4n) is 3.17. The van der Waals surface area contributed by atoms with Gasteiger partial charge in [-0.2, -0.15) is 0 Å². The van der Waals surface area contributed by atoms with Crippen LogP contribution in [0.4, 0.5) is 5.69 Å². The van der Waals surface area contributed by atoms with E-state index < -0.39 is 0 Å². The molecule has 1 heterocycles. The first-order valence-corrected chi connectivity index (χ1v) is 7.19. The van der Waals surface area contributed by atoms with Crippen LogP contribution in [0.25, 0.3) is 11.4 Å². The van der Waals surface area contributed by atoms with Crippen LogP contribution < -0.4 is 5.73 Å². The zero-order valence-electron chi connectivity index (χ0n) is 12.1. The van der Waals surface area contributed by atoms with E-state index >= 15 is 0 Å². The van der Waals surface area contributed by atoms with E-state index in [2.05, 4.69) is 29.4 Å². The van der Waals surface area contributed by atoms with E-state index in [-0.39, 0.29) is 0 Å². The van der Waals surface area contributed by atoms with Crippen molar-refractivity contribution in [1.82, 2.24) is 20.2 Å². The number of nitrogens with two attached hydrogens (primary N) is 1. The minimum absolute atomic E-state index is 0.363. The lowest BCUT2D eigenvalue weighted by Crippen LogP contribution is -2.26. The molecule has 1 aliphatic rings. The van der Waals surface area contributed by atoms with Crippen molar-refractivity contribution in [2.45, 2.75) is 45.6 Å². The summed E-state index contributed by atoms with van der Waals surface area (Å²) in [5.41, 5.74) is 7.94. The third-order valence-electron chi connectivity index (χ3n) is 4.16. The summed E-state index contributed by atoms with van der Waals surface area (Å²) >= 11 is 0. The van der Waals surface area contributed by atoms with E-state index in [1.807, 2.05) is 28.9 Å². The number of nitrogen functional groups attached to an aromatic ring is 1. The van der Waals surface area contributed by atoms with Gasteiger partial charge in [0.25, 0.3) is 0 Å². The van der Waals surface area contributed by atoms with Gasteiger partial charge in [0.2, 0.25) is 0 Å². The second-order valence-electron chi connectivity index (χ2n) is 6.49. The maximum atomic E-state index is 5.86. The van der Waals surface area contributed by atoms with Crippen molar-refractivity contribution in [3.05, 3.63) is 24.3 Å². The van der Waals surface area contributed by atoms with E-state index in [0.717, 1.165) is 29.9 Å². The van der Waals surface area contributed by atoms with Crippen LogP contribution in [-0.4, -0.2) is 20.2 Å². The highest BCUT2D eigenvalue weighted by Gasteiger charge is 2.31. The fourth-order valence-corrected chi connectivity index (χ4v) is 3.17. The van der Waals surface area contributed by atoms with E-state index in [1.165, 1.54) is 12.8 Å². The molecule has 3 rings (SSSR count). The maximum absolute atomic E-state index is 5.86. The molecular weight excluding hydrogens is 250 g/mol. The zero-order chi connectivity index (χ0) is 14.2. The lowest BCUT2D eigenvalue weighted by molar-refractivity contribution is 0.174. The van der Waals surface area contributed by atoms with Crippen molar-refractivity contribution in [3.63, 3.8) is 0 Å². The van der Waals surface area contributed by atoms with Gasteiger partial charge in [0.15, 0.2) is 5.82 Å². The molecule has 0 aliphatic heterocycles. The molecule has 1 aliphatic carbocycles. The molecule has 0 amide bonds. The number of hydrogen-bond donors (Lipinski definition) is 1. The first kappa shape index (κ1) is 13.1. The van der Waals surface area contributed by atoms with Gasteiger partial charge in [0.1, 0.15) is 0 Å². The molecule has 1 aromatic heterocycles. The molecule has 2 aromatic rings. The fraction of sp³-hybridized carbons (Fsp3) is 0.533. The molecule has 0 bridgehead atoms. The molecule has 2 N–H and O–H groups in total. The van der Waals surface area contributed by atoms with Gasteiger partial charge >= 0.3 is 0 Å². The van der Waals surface area contributed by atoms with Gasteiger partial charge in [-0.3, -0.25) is 0 Å². The Labute approximate surface area is 119 Å². The average molecular weight is 271 g/mol. The molecule has 5 heteroatoms. The minimum atomic E-state index is 0.363. The number of aromatic nitrogens is 4. The predicted octanol–water partition coefficient (Wildman–Crippen LogP) is 3.06. The third-order valence-corrected chi connectivity index (χ3v) is 4.16. The lowest BCUT2D eigenvalue weighted by atomic mass is 9.75. The van der Waals surface area contributed by atoms with Gasteiger partial charge in [-0.15, -0.1) is 5.10 Å². The topological polar surface area (TPSA) is 69.6 Å². The number of anilines is 1. The van der Waals surface area contributed by atoms with Gasteiger partial charge in [-0.25, -0.2) is 4.68 Å². The summed E-state index contributed by atoms with van der Waals surface area (Å²) in [6.07, 6.45) is 4.77. The SMILES string of the molecule is CC1(C)CCCC(n2nnnc2-c2cccc(N)c2)C1. The Morgan fingerprint density at radius 3 is 2.95 bits per heavy atom. The van der Waals surface area contributed by atoms with Crippen LogP contribution in [-0.2, 0) is 0 Å². The first-order chi connectivity index (χ1) is 9.55. The number of nitrogens with zero attached hydrogens (tertiary/aromatic N) is 4. The van der Waals surface area contributed by atoms with Crippen LogP contribution in [0.2, 0.25) is 0 Å². The number of benzene rings is 1. The second kappa shape index (κ2) is 4.89. The smallest absolute Gasteiger partial charge is 0.182 e. The van der Waals surface area contributed by atoms with Crippen molar-refractivity contribution >= 4 is 5.69 Å². The van der Waals surface area contributed by atoms with Gasteiger partial charge in [0.05, 0.1) is 6.04 Å². The molecule has 1 aromatic carbocycles. The molecule has 5 nitrogen and oxygen atoms in total. The normalized spacial score (nSPS) is 21.8. The quantitative estimate of drug-likeness (QED) is 0.852. The Kier molecular flexibility index (Phi) is 3.20. The predicted molar refractivity (Wildman–Crippen MR) is 79.0 cm³/mol. The highest BCUT2D eigenvalue weighted by molar-refractivity contribution is 5.60. The summed E-state index contributed by atoms with van der Waals surface area (Å²) in [6, 6.07) is 8.13. The van der Waals surface area contributed by atoms with E-state index in [1.54, 1.807) is 0 Å². The zero-order valence-corrected chi connectivity index (χ0v) is 12.1. The maximum Gasteiger partial charge on any atom is 0.182 e. The Morgan fingerprint density at radius 2 is 2.20 bits per heavy atom. The van der Waals surface area contributed by atoms with Crippen LogP contribution in [0.1, 0.15) is 45.6 Å². The molecule has 1 atom stereocenters. The van der Waals surface area contributed by atoms with Crippen LogP contribution in [0.5, 0.6) is 0 Å². The highest BCUT2D eigenvalue weighted by atomic mass is 15.5. The van der Waals surface area contributed by atoms with Crippen LogP contribution in [0.3, 0.4) is 0 Å². The van der Waals surface area contributed by atoms with Crippen molar-refractivity contribution < 1.29 is 0 Å². The average Bonchev–Trinajstić information content (AvgIpc) is 2.86. The van der Waals surface area contributed by atoms with E-state index in [0.29, 0.717) is 11.5 Å². The highest BCUT2D eigenvalue weighted by Crippen LogP contribution is 2.41. The van der Waals surface area contributed by atoms with Crippen molar-refractivity contribution in [3.8, 4) is 11.4 Å². The molecular formula is C15H21N5. The van der Waals surface area contributed by atoms with Crippen molar-refractivity contribution in [2.24, 2.45) is 5.41 Å². The summed E-state index contributed by atoms with van der Waals surface area (Å²) in [7, 11) is 0. The summed E-state index contributed by atoms with van der Waals surface area (Å²) in [5.74, 6) is 0.819. The minimum Gasteiger partial charge on any atom is -0.399 e. The Morgan fingerprint density at radius 1 is 1.35 bits per heavy atom. The first-order valence-electron chi connectivity index (χ1n) is 7.19. The van der Waals surface area contributed by atoms with E-state index in [4.69, 9.17) is 5.73 Å². The van der Waals surface area contributed by atoms with Crippen molar-refractivity contribution in [1.29, 1.82) is 0 Å². The summed E-state index contributed by atoms with van der Waals surface area (Å²) in [4.78, 5) is 0. The Bertz CT molecular complexity index is 602. The number of hydrogen-bond acceptors (Lipinski definition) is 4. The summed E-state index contributed by atoms with van der Waals surface area (Å²) in [6.45, 7) is 4.65. The standard InChI is InChI=1S/C15H21N5/c1-15(2)8-4-7-13(10-15)20-14(17-18-19-20)11-5-3-6-12(16)9-11/h3,5-6,9,13H,4,7-8,10,16H2,1-2H3. The summed E-state index contributed by atoms with van der Waals surface area (Å²) in [5, 5.41) is 12.3. The van der Waals surface area contributed by atoms with Gasteiger partial charge in [0, 0.05) is 11.3 Å². The van der Waals surface area contributed by atoms with E-state index in [9.17, 15) is 0 Å². The number of rotatable bonds is 2. The van der Waals surface area contributed by atoms with Crippen LogP contribution in [0, 0.1) is 5.41 Å². The molecule has 1 unspecified atom stereocenters. The monoisotopic (exact) mass is 271 g/mol. The van der Waals surface area contributed by atoms with Gasteiger partial charge in [-0.1, -0.05) is 32.4 Å². The Balaban J connectivity index is 1.94. The van der Waals surface area contributed by atoms with Gasteiger partial charge < -0.3 is 5.73 Å². The molecule has 0 spiro atoms. The van der Waals surface area contributed by atoms with Crippen LogP contribution >= 0.6 is 0 Å². The molecule has 20 heavy (non-hydrogen) atoms. The van der Waals surface area contributed by atoms with Crippen LogP contribution in [0.15, 0.2) is 24.3 Å². The molecule has 0 saturated heterocycles. The lowest BCUT2D eigenvalue weighted by Gasteiger charge is -2.35. The summed E-state index contributed by atoms with van der Waals surface area (Å²) < 4.78 is 1.98. The van der Waals surface area contributed by atoms with Crippen molar-refractivity contribution in [2.75, 3.05) is 5.73 Å². The molecule has 1 saturated carbocycles. The van der Waals surface area contributed by atoms with Gasteiger partial charge in [-0.05, 0) is 47.2 Å². The largest absolute Gasteiger partial charge is 0.399 e. The third kappa shape index (κ3) is 2.53. The molecule has 1 fully saturated rings. The second-order valence-corrected chi connectivity index (χ2v) is 6.49. The number of tetrazole rings is 1.